The fourth-order valence-electron chi connectivity index (χ4n) is 4.80. The predicted molar refractivity (Wildman–Crippen MR) is 105 cm³/mol. The van der Waals surface area contributed by atoms with E-state index in [9.17, 15) is 9.59 Å². The molecule has 2 aliphatic heterocycles. The molecule has 2 saturated heterocycles. The lowest BCUT2D eigenvalue weighted by Crippen LogP contribution is -2.46. The highest BCUT2D eigenvalue weighted by Gasteiger charge is 2.42. The molecular formula is C21H28N4O2. The van der Waals surface area contributed by atoms with Crippen LogP contribution in [-0.2, 0) is 16.0 Å². The van der Waals surface area contributed by atoms with Crippen molar-refractivity contribution in [2.24, 2.45) is 11.1 Å². The smallest absolute Gasteiger partial charge is 0.227 e. The summed E-state index contributed by atoms with van der Waals surface area (Å²) >= 11 is 0. The maximum Gasteiger partial charge on any atom is 0.227 e. The number of carbonyl (C=O) groups excluding carboxylic acids is 2. The molecular weight excluding hydrogens is 340 g/mol. The lowest BCUT2D eigenvalue weighted by Gasteiger charge is -2.40. The van der Waals surface area contributed by atoms with Crippen LogP contribution < -0.4 is 5.73 Å². The SMILES string of the molecule is NC(=O)CCN1CCCC2(CCN(C(=O)Cc3c[nH]c4ccccc34)C2)C1. The Bertz CT molecular complexity index is 846. The normalized spacial score (nSPS) is 23.3. The number of benzene rings is 1. The molecule has 1 unspecified atom stereocenters. The van der Waals surface area contributed by atoms with Gasteiger partial charge in [-0.15, -0.1) is 0 Å². The van der Waals surface area contributed by atoms with Gasteiger partial charge in [0.05, 0.1) is 6.42 Å². The average molecular weight is 368 g/mol. The second-order valence-electron chi connectivity index (χ2n) is 8.20. The number of aromatic amines is 1. The third kappa shape index (κ3) is 3.86. The van der Waals surface area contributed by atoms with Gasteiger partial charge in [-0.3, -0.25) is 9.59 Å². The maximum absolute atomic E-state index is 12.9. The van der Waals surface area contributed by atoms with Crippen molar-refractivity contribution >= 4 is 22.7 Å². The predicted octanol–water partition coefficient (Wildman–Crippen LogP) is 1.90. The zero-order valence-electron chi connectivity index (χ0n) is 15.7. The summed E-state index contributed by atoms with van der Waals surface area (Å²) in [6, 6.07) is 8.12. The number of rotatable bonds is 5. The van der Waals surface area contributed by atoms with Gasteiger partial charge in [-0.1, -0.05) is 18.2 Å². The van der Waals surface area contributed by atoms with Gasteiger partial charge in [0.25, 0.3) is 0 Å². The molecule has 3 N–H and O–H groups in total. The largest absolute Gasteiger partial charge is 0.370 e. The zero-order valence-corrected chi connectivity index (χ0v) is 15.7. The first-order chi connectivity index (χ1) is 13.0. The average Bonchev–Trinajstić information content (AvgIpc) is 3.25. The van der Waals surface area contributed by atoms with E-state index < -0.39 is 0 Å². The Balaban J connectivity index is 1.38. The summed E-state index contributed by atoms with van der Waals surface area (Å²) in [6.45, 7) is 4.40. The van der Waals surface area contributed by atoms with Crippen LogP contribution in [-0.4, -0.2) is 59.3 Å². The Morgan fingerprint density at radius 1 is 1.15 bits per heavy atom. The van der Waals surface area contributed by atoms with Crippen LogP contribution in [0.1, 0.15) is 31.2 Å². The van der Waals surface area contributed by atoms with Gasteiger partial charge in [0.1, 0.15) is 0 Å². The fraction of sp³-hybridized carbons (Fsp3) is 0.524. The Morgan fingerprint density at radius 3 is 2.85 bits per heavy atom. The van der Waals surface area contributed by atoms with Crippen molar-refractivity contribution in [1.82, 2.24) is 14.8 Å². The van der Waals surface area contributed by atoms with E-state index in [4.69, 9.17) is 5.73 Å². The van der Waals surface area contributed by atoms with E-state index >= 15 is 0 Å². The highest BCUT2D eigenvalue weighted by molar-refractivity contribution is 5.89. The fourth-order valence-corrected chi connectivity index (χ4v) is 4.80. The van der Waals surface area contributed by atoms with Crippen molar-refractivity contribution in [3.63, 3.8) is 0 Å². The molecule has 1 spiro atoms. The van der Waals surface area contributed by atoms with E-state index in [1.165, 1.54) is 0 Å². The monoisotopic (exact) mass is 368 g/mol. The molecule has 0 saturated carbocycles. The van der Waals surface area contributed by atoms with Crippen molar-refractivity contribution in [2.75, 3.05) is 32.7 Å². The third-order valence-electron chi connectivity index (χ3n) is 6.22. The molecule has 27 heavy (non-hydrogen) atoms. The number of nitrogens with one attached hydrogen (secondary N) is 1. The molecule has 2 aliphatic rings. The number of hydrogen-bond donors (Lipinski definition) is 2. The van der Waals surface area contributed by atoms with Crippen molar-refractivity contribution in [1.29, 1.82) is 0 Å². The van der Waals surface area contributed by atoms with Crippen molar-refractivity contribution in [3.8, 4) is 0 Å². The van der Waals surface area contributed by atoms with E-state index in [2.05, 4.69) is 16.0 Å². The molecule has 1 aromatic heterocycles. The van der Waals surface area contributed by atoms with Crippen molar-refractivity contribution in [2.45, 2.75) is 32.1 Å². The number of fused-ring (bicyclic) bond motifs is 1. The van der Waals surface area contributed by atoms with Gasteiger partial charge in [0.2, 0.25) is 11.8 Å². The molecule has 0 aliphatic carbocycles. The molecule has 4 rings (SSSR count). The topological polar surface area (TPSA) is 82.4 Å². The first-order valence-electron chi connectivity index (χ1n) is 9.88. The zero-order chi connectivity index (χ0) is 18.9. The van der Waals surface area contributed by atoms with Crippen LogP contribution in [0, 0.1) is 5.41 Å². The van der Waals surface area contributed by atoms with Gasteiger partial charge < -0.3 is 20.5 Å². The summed E-state index contributed by atoms with van der Waals surface area (Å²) in [6.07, 6.45) is 6.17. The van der Waals surface area contributed by atoms with E-state index in [0.29, 0.717) is 12.8 Å². The van der Waals surface area contributed by atoms with Gasteiger partial charge in [-0.2, -0.15) is 0 Å². The molecule has 6 heteroatoms. The van der Waals surface area contributed by atoms with Gasteiger partial charge in [0, 0.05) is 55.1 Å². The van der Waals surface area contributed by atoms with Gasteiger partial charge in [-0.25, -0.2) is 0 Å². The minimum Gasteiger partial charge on any atom is -0.370 e. The number of aromatic nitrogens is 1. The molecule has 3 heterocycles. The molecule has 2 aromatic rings. The number of nitrogens with zero attached hydrogens (tertiary/aromatic N) is 2. The van der Waals surface area contributed by atoms with Gasteiger partial charge >= 0.3 is 0 Å². The molecule has 0 bridgehead atoms. The van der Waals surface area contributed by atoms with Crippen LogP contribution in [0.3, 0.4) is 0 Å². The second kappa shape index (κ2) is 7.35. The van der Waals surface area contributed by atoms with Crippen LogP contribution in [0.5, 0.6) is 0 Å². The summed E-state index contributed by atoms with van der Waals surface area (Å²) in [5.74, 6) is -0.0255. The molecule has 1 aromatic carbocycles. The van der Waals surface area contributed by atoms with E-state index in [0.717, 1.165) is 68.5 Å². The molecule has 0 radical (unpaired) electrons. The minimum atomic E-state index is -0.239. The summed E-state index contributed by atoms with van der Waals surface area (Å²) in [5.41, 5.74) is 7.64. The maximum atomic E-state index is 12.9. The lowest BCUT2D eigenvalue weighted by atomic mass is 9.79. The second-order valence-corrected chi connectivity index (χ2v) is 8.20. The number of nitrogens with two attached hydrogens (primary N) is 1. The number of para-hydroxylation sites is 1. The van der Waals surface area contributed by atoms with Crippen LogP contribution >= 0.6 is 0 Å². The lowest BCUT2D eigenvalue weighted by molar-refractivity contribution is -0.130. The molecule has 144 valence electrons. The standard InChI is InChI=1S/C21H28N4O2/c22-19(26)6-10-24-9-3-7-21(14-24)8-11-25(15-21)20(27)12-16-13-23-18-5-2-1-4-17(16)18/h1-2,4-5,13,23H,3,6-12,14-15H2,(H2,22,26). The number of piperidine rings is 1. The third-order valence-corrected chi connectivity index (χ3v) is 6.22. The number of likely N-dealkylation sites (tertiary alicyclic amines) is 2. The minimum absolute atomic E-state index is 0.186. The van der Waals surface area contributed by atoms with E-state index in [1.807, 2.05) is 29.3 Å². The summed E-state index contributed by atoms with van der Waals surface area (Å²) in [4.78, 5) is 31.6. The number of amides is 2. The Morgan fingerprint density at radius 2 is 2.00 bits per heavy atom. The quantitative estimate of drug-likeness (QED) is 0.846. The van der Waals surface area contributed by atoms with Crippen molar-refractivity contribution < 1.29 is 9.59 Å². The number of carbonyl (C=O) groups is 2. The van der Waals surface area contributed by atoms with Crippen LogP contribution in [0.15, 0.2) is 30.5 Å². The summed E-state index contributed by atoms with van der Waals surface area (Å²) in [5, 5.41) is 1.13. The van der Waals surface area contributed by atoms with Gasteiger partial charge in [0.15, 0.2) is 0 Å². The summed E-state index contributed by atoms with van der Waals surface area (Å²) < 4.78 is 0. The highest BCUT2D eigenvalue weighted by Crippen LogP contribution is 2.39. The number of hydrogen-bond acceptors (Lipinski definition) is 3. The van der Waals surface area contributed by atoms with E-state index in [1.54, 1.807) is 0 Å². The van der Waals surface area contributed by atoms with Crippen LogP contribution in [0.4, 0.5) is 0 Å². The molecule has 1 atom stereocenters. The number of H-pyrrole nitrogens is 1. The first kappa shape index (κ1) is 18.0. The Kier molecular flexibility index (Phi) is 4.91. The highest BCUT2D eigenvalue weighted by atomic mass is 16.2. The first-order valence-corrected chi connectivity index (χ1v) is 9.88. The van der Waals surface area contributed by atoms with Crippen LogP contribution in [0.2, 0.25) is 0 Å². The molecule has 6 nitrogen and oxygen atoms in total. The Hall–Kier alpha value is -2.34. The molecule has 2 amide bonds. The van der Waals surface area contributed by atoms with Crippen molar-refractivity contribution in [3.05, 3.63) is 36.0 Å². The van der Waals surface area contributed by atoms with Gasteiger partial charge in [-0.05, 0) is 37.4 Å². The van der Waals surface area contributed by atoms with Crippen LogP contribution in [0.25, 0.3) is 10.9 Å². The van der Waals surface area contributed by atoms with E-state index in [-0.39, 0.29) is 17.2 Å². The molecule has 2 fully saturated rings. The number of primary amides is 1. The Labute approximate surface area is 159 Å². The summed E-state index contributed by atoms with van der Waals surface area (Å²) in [7, 11) is 0.